The fourth-order valence-corrected chi connectivity index (χ4v) is 6.81. The molecule has 0 amide bonds. The molecule has 4 unspecified atom stereocenters. The highest BCUT2D eigenvalue weighted by Crippen LogP contribution is 2.44. The number of nitrogens with one attached hydrogen (secondary N) is 2. The zero-order valence-electron chi connectivity index (χ0n) is 28.3. The minimum Gasteiger partial charge on any atom is -0.497 e. The molecule has 4 atom stereocenters. The Kier molecular flexibility index (Phi) is 10.4. The van der Waals surface area contributed by atoms with Crippen LogP contribution < -0.4 is 25.0 Å². The van der Waals surface area contributed by atoms with Gasteiger partial charge < -0.3 is 25.0 Å². The summed E-state index contributed by atoms with van der Waals surface area (Å²) in [6, 6.07) is 27.0. The smallest absolute Gasteiger partial charge is 0.292 e. The maximum absolute atomic E-state index is 12.4. The van der Waals surface area contributed by atoms with Gasteiger partial charge in [0.15, 0.2) is 0 Å². The van der Waals surface area contributed by atoms with E-state index >= 15 is 0 Å². The molecule has 50 heavy (non-hydrogen) atoms. The summed E-state index contributed by atoms with van der Waals surface area (Å²) in [5, 5.41) is 31.3. The van der Waals surface area contributed by atoms with Crippen LogP contribution in [0.2, 0.25) is 0 Å². The van der Waals surface area contributed by atoms with Crippen LogP contribution in [-0.4, -0.2) is 42.2 Å². The molecule has 11 nitrogen and oxygen atoms in total. The van der Waals surface area contributed by atoms with Gasteiger partial charge in [-0.25, -0.2) is 0 Å². The lowest BCUT2D eigenvalue weighted by Gasteiger charge is -2.35. The molecule has 258 valence electrons. The predicted molar refractivity (Wildman–Crippen MR) is 194 cm³/mol. The van der Waals surface area contributed by atoms with E-state index in [0.29, 0.717) is 18.8 Å². The predicted octanol–water partition coefficient (Wildman–Crippen LogP) is 7.54. The minimum absolute atomic E-state index is 0.000660. The molecule has 1 saturated heterocycles. The normalized spacial score (nSPS) is 19.9. The Morgan fingerprint density at radius 3 is 2.02 bits per heavy atom. The van der Waals surface area contributed by atoms with Gasteiger partial charge in [0.2, 0.25) is 0 Å². The van der Waals surface area contributed by atoms with Crippen molar-refractivity contribution < 1.29 is 19.3 Å². The third-order valence-electron chi connectivity index (χ3n) is 9.52. The molecule has 0 saturated carbocycles. The van der Waals surface area contributed by atoms with Gasteiger partial charge in [-0.1, -0.05) is 60.2 Å². The van der Waals surface area contributed by atoms with Crippen LogP contribution in [0.15, 0.2) is 115 Å². The quantitative estimate of drug-likeness (QED) is 0.109. The maximum Gasteiger partial charge on any atom is 0.292 e. The second kappa shape index (κ2) is 15.3. The standard InChI is InChI=1S/C39H41N5O6/c1-26-4-12-31(13-5-26)42-36(29-10-18-34(38(22-29)43(45)46)40-24-27-6-14-32(49-2)15-7-27)20-21-37(42)30-11-19-35(39(23-30)44(47)48)41-25-28-8-16-33(50-3)17-9-28/h4-19,22-23,34,36-38,40-41H,20-21,24-25H2,1-3H3. The summed E-state index contributed by atoms with van der Waals surface area (Å²) in [5.41, 5.74) is 6.15. The van der Waals surface area contributed by atoms with Gasteiger partial charge >= 0.3 is 0 Å². The molecule has 2 aliphatic rings. The highest BCUT2D eigenvalue weighted by Gasteiger charge is 2.40. The monoisotopic (exact) mass is 675 g/mol. The molecule has 6 rings (SSSR count). The van der Waals surface area contributed by atoms with Gasteiger partial charge in [0.1, 0.15) is 17.2 Å². The van der Waals surface area contributed by atoms with E-state index in [2.05, 4.69) is 27.7 Å². The maximum atomic E-state index is 12.4. The van der Waals surface area contributed by atoms with Gasteiger partial charge in [0, 0.05) is 29.8 Å². The summed E-state index contributed by atoms with van der Waals surface area (Å²) in [5.74, 6) is 1.49. The minimum atomic E-state index is -0.954. The van der Waals surface area contributed by atoms with Crippen LogP contribution in [0.3, 0.4) is 0 Å². The SMILES string of the molecule is COc1ccc(CNc2ccc(C3CCC(C4=CC([N+](=O)[O-])C(NCc5ccc(OC)cc5)C=C4)N3c3ccc(C)cc3)cc2[N+](=O)[O-])cc1. The van der Waals surface area contributed by atoms with Crippen LogP contribution in [0.1, 0.15) is 41.1 Å². The summed E-state index contributed by atoms with van der Waals surface area (Å²) >= 11 is 0. The van der Waals surface area contributed by atoms with E-state index in [-0.39, 0.29) is 27.6 Å². The van der Waals surface area contributed by atoms with Crippen LogP contribution in [0, 0.1) is 27.2 Å². The Morgan fingerprint density at radius 1 is 0.800 bits per heavy atom. The lowest BCUT2D eigenvalue weighted by Crippen LogP contribution is -2.44. The number of methoxy groups -OCH3 is 2. The number of nitro benzene ring substituents is 1. The van der Waals surface area contributed by atoms with Crippen molar-refractivity contribution in [3.63, 3.8) is 0 Å². The van der Waals surface area contributed by atoms with Crippen LogP contribution in [0.25, 0.3) is 0 Å². The van der Waals surface area contributed by atoms with Crippen LogP contribution in [0.4, 0.5) is 17.1 Å². The van der Waals surface area contributed by atoms with E-state index in [1.54, 1.807) is 32.4 Å². The zero-order chi connectivity index (χ0) is 35.2. The molecular formula is C39H41N5O6. The largest absolute Gasteiger partial charge is 0.497 e. The molecule has 4 aromatic rings. The molecule has 0 spiro atoms. The van der Waals surface area contributed by atoms with Crippen molar-refractivity contribution >= 4 is 17.1 Å². The van der Waals surface area contributed by atoms with Gasteiger partial charge in [0.05, 0.1) is 37.3 Å². The molecule has 1 aliphatic carbocycles. The third-order valence-corrected chi connectivity index (χ3v) is 9.52. The van der Waals surface area contributed by atoms with E-state index < -0.39 is 12.1 Å². The zero-order valence-corrected chi connectivity index (χ0v) is 28.3. The first-order chi connectivity index (χ1) is 24.2. The fraction of sp³-hybridized carbons (Fsp3) is 0.282. The second-order valence-corrected chi connectivity index (χ2v) is 12.6. The Hall–Kier alpha value is -5.68. The van der Waals surface area contributed by atoms with Gasteiger partial charge in [0.25, 0.3) is 11.7 Å². The van der Waals surface area contributed by atoms with Crippen molar-refractivity contribution in [3.8, 4) is 11.5 Å². The van der Waals surface area contributed by atoms with E-state index in [4.69, 9.17) is 9.47 Å². The van der Waals surface area contributed by atoms with Gasteiger partial charge in [-0.3, -0.25) is 20.2 Å². The van der Waals surface area contributed by atoms with Gasteiger partial charge in [-0.05, 0) is 90.6 Å². The number of rotatable bonds is 13. The fourth-order valence-electron chi connectivity index (χ4n) is 6.81. The van der Waals surface area contributed by atoms with Crippen molar-refractivity contribution in [2.45, 2.75) is 57.0 Å². The lowest BCUT2D eigenvalue weighted by atomic mass is 9.92. The summed E-state index contributed by atoms with van der Waals surface area (Å²) in [6.45, 7) is 2.91. The van der Waals surface area contributed by atoms with Crippen LogP contribution >= 0.6 is 0 Å². The van der Waals surface area contributed by atoms with E-state index in [9.17, 15) is 20.2 Å². The molecule has 1 aliphatic heterocycles. The van der Waals surface area contributed by atoms with Crippen molar-refractivity contribution in [3.05, 3.63) is 157 Å². The molecule has 0 radical (unpaired) electrons. The van der Waals surface area contributed by atoms with E-state index in [0.717, 1.165) is 57.9 Å². The topological polar surface area (TPSA) is 132 Å². The third kappa shape index (κ3) is 7.63. The number of anilines is 2. The van der Waals surface area contributed by atoms with Crippen molar-refractivity contribution in [1.82, 2.24) is 5.32 Å². The molecular weight excluding hydrogens is 634 g/mol. The molecule has 1 fully saturated rings. The average Bonchev–Trinajstić information content (AvgIpc) is 3.59. The summed E-state index contributed by atoms with van der Waals surface area (Å²) in [4.78, 5) is 26.4. The van der Waals surface area contributed by atoms with Crippen LogP contribution in [-0.2, 0) is 13.1 Å². The number of nitro groups is 2. The van der Waals surface area contributed by atoms with Crippen molar-refractivity contribution in [1.29, 1.82) is 0 Å². The number of hydrogen-bond acceptors (Lipinski definition) is 9. The number of aryl methyl sites for hydroxylation is 1. The lowest BCUT2D eigenvalue weighted by molar-refractivity contribution is -0.512. The Balaban J connectivity index is 1.25. The van der Waals surface area contributed by atoms with Crippen molar-refractivity contribution in [2.75, 3.05) is 24.4 Å². The average molecular weight is 676 g/mol. The molecule has 0 aromatic heterocycles. The highest BCUT2D eigenvalue weighted by molar-refractivity contribution is 5.65. The first-order valence-corrected chi connectivity index (χ1v) is 16.6. The van der Waals surface area contributed by atoms with Crippen molar-refractivity contribution in [2.24, 2.45) is 0 Å². The molecule has 0 bridgehead atoms. The Labute approximate surface area is 291 Å². The number of ether oxygens (including phenoxy) is 2. The molecule has 2 N–H and O–H groups in total. The second-order valence-electron chi connectivity index (χ2n) is 12.6. The highest BCUT2D eigenvalue weighted by atomic mass is 16.6. The first-order valence-electron chi connectivity index (χ1n) is 16.6. The summed E-state index contributed by atoms with van der Waals surface area (Å²) < 4.78 is 10.5. The van der Waals surface area contributed by atoms with E-state index in [1.807, 2.05) is 85.8 Å². The van der Waals surface area contributed by atoms with Crippen LogP contribution in [0.5, 0.6) is 11.5 Å². The van der Waals surface area contributed by atoms with Gasteiger partial charge in [-0.15, -0.1) is 0 Å². The number of benzene rings is 4. The summed E-state index contributed by atoms with van der Waals surface area (Å²) in [6.07, 6.45) is 7.11. The molecule has 4 aromatic carbocycles. The number of nitrogens with zero attached hydrogens (tertiary/aromatic N) is 3. The Bertz CT molecular complexity index is 1870. The number of hydrogen-bond donors (Lipinski definition) is 2. The van der Waals surface area contributed by atoms with Gasteiger partial charge in [-0.2, -0.15) is 0 Å². The molecule has 11 heteroatoms. The Morgan fingerprint density at radius 2 is 1.42 bits per heavy atom. The van der Waals surface area contributed by atoms with E-state index in [1.165, 1.54) is 0 Å². The molecule has 1 heterocycles. The first kappa shape index (κ1) is 34.2. The summed E-state index contributed by atoms with van der Waals surface area (Å²) in [7, 11) is 3.22.